The van der Waals surface area contributed by atoms with Crippen molar-refractivity contribution in [3.8, 4) is 5.75 Å². The molecule has 4 aliphatic rings. The van der Waals surface area contributed by atoms with E-state index in [1.54, 1.807) is 18.2 Å². The first-order valence-electron chi connectivity index (χ1n) is 13.2. The number of fused-ring (bicyclic) bond motifs is 9. The largest absolute Gasteiger partial charge is 0.489 e. The first kappa shape index (κ1) is 27.2. The summed E-state index contributed by atoms with van der Waals surface area (Å²) < 4.78 is 6.24. The van der Waals surface area contributed by atoms with Gasteiger partial charge in [0.2, 0.25) is 11.8 Å². The number of rotatable bonds is 7. The number of ether oxygens (including phenoxy) is 1. The van der Waals surface area contributed by atoms with E-state index < -0.39 is 47.0 Å². The molecular formula is C28H22ClN3O8S2. The number of aromatic amines is 1. The molecule has 2 aliphatic carbocycles. The second-order valence-electron chi connectivity index (χ2n) is 11.0. The lowest BCUT2D eigenvalue weighted by molar-refractivity contribution is -0.385. The summed E-state index contributed by atoms with van der Waals surface area (Å²) in [6.45, 7) is -0.578. The molecular weight excluding hydrogens is 606 g/mol. The summed E-state index contributed by atoms with van der Waals surface area (Å²) in [5.74, 6) is -4.36. The van der Waals surface area contributed by atoms with Crippen LogP contribution < -0.4 is 9.61 Å². The maximum atomic E-state index is 13.4. The van der Waals surface area contributed by atoms with Gasteiger partial charge in [0.15, 0.2) is 0 Å². The molecule has 1 aromatic heterocycles. The van der Waals surface area contributed by atoms with Crippen LogP contribution >= 0.6 is 34.7 Å². The molecule has 14 heteroatoms. The average molecular weight is 628 g/mol. The van der Waals surface area contributed by atoms with Crippen molar-refractivity contribution in [2.75, 3.05) is 6.54 Å². The number of imide groups is 1. The number of halogens is 1. The number of hydrogen-bond donors (Lipinski definition) is 2. The number of amides is 2. The molecule has 0 radical (unpaired) electrons. The summed E-state index contributed by atoms with van der Waals surface area (Å²) in [4.78, 5) is 66.4. The molecule has 2 aliphatic heterocycles. The minimum Gasteiger partial charge on any atom is -0.489 e. The van der Waals surface area contributed by atoms with E-state index in [0.717, 1.165) is 21.8 Å². The summed E-state index contributed by atoms with van der Waals surface area (Å²) in [6, 6.07) is 11.6. The number of benzene rings is 2. The van der Waals surface area contributed by atoms with Crippen LogP contribution in [0, 0.1) is 39.7 Å². The van der Waals surface area contributed by atoms with Gasteiger partial charge in [-0.25, -0.2) is 0 Å². The van der Waals surface area contributed by atoms with E-state index in [4.69, 9.17) is 16.3 Å². The van der Waals surface area contributed by atoms with Gasteiger partial charge in [0, 0.05) is 44.3 Å². The van der Waals surface area contributed by atoms with Gasteiger partial charge in [-0.1, -0.05) is 41.1 Å². The highest BCUT2D eigenvalue weighted by Gasteiger charge is 2.69. The van der Waals surface area contributed by atoms with Crippen LogP contribution in [0.2, 0.25) is 5.02 Å². The standard InChI is InChI=1S/C28H22ClN3O8S2/c29-16-4-2-1-3-11(16)10-40-17-6-5-12(32(38)39)7-13(17)19-20-14-8-15(23(20)41-25-24(19)42-28(37)30-25)22-21(14)26(35)31(27(22)36)9-18(33)34/h1-7,14-15,19-23H,8-10H2,(H,30,37)(H,33,34)/t14-,15-,19-,20+,21+,22+,23-/m1/s1. The highest BCUT2D eigenvalue weighted by molar-refractivity contribution is 8.00. The molecule has 2 bridgehead atoms. The third kappa shape index (κ3) is 4.08. The number of carboxylic acid groups (broad SMARTS) is 1. The fourth-order valence-corrected chi connectivity index (χ4v) is 10.6. The molecule has 3 heterocycles. The Morgan fingerprint density at radius 2 is 1.88 bits per heavy atom. The van der Waals surface area contributed by atoms with Crippen molar-refractivity contribution in [2.45, 2.75) is 29.2 Å². The third-order valence-corrected chi connectivity index (χ3v) is 11.9. The molecule has 3 fully saturated rings. The van der Waals surface area contributed by atoms with E-state index in [0.29, 0.717) is 32.7 Å². The molecule has 7 rings (SSSR count). The number of aromatic nitrogens is 1. The van der Waals surface area contributed by atoms with Gasteiger partial charge in [-0.3, -0.25) is 34.2 Å². The minimum absolute atomic E-state index is 0.101. The summed E-state index contributed by atoms with van der Waals surface area (Å²) in [5.41, 5.74) is 1.10. The van der Waals surface area contributed by atoms with Crippen molar-refractivity contribution in [3.05, 3.63) is 83.3 Å². The molecule has 3 aromatic rings. The predicted octanol–water partition coefficient (Wildman–Crippen LogP) is 4.13. The van der Waals surface area contributed by atoms with Crippen LogP contribution in [-0.4, -0.2) is 49.5 Å². The van der Waals surface area contributed by atoms with E-state index in [1.807, 2.05) is 12.1 Å². The number of nitrogens with zero attached hydrogens (tertiary/aromatic N) is 2. The number of nitro benzene ring substituents is 1. The molecule has 11 nitrogen and oxygen atoms in total. The maximum Gasteiger partial charge on any atom is 0.323 e. The lowest BCUT2D eigenvalue weighted by Gasteiger charge is -2.43. The van der Waals surface area contributed by atoms with Crippen molar-refractivity contribution in [2.24, 2.45) is 29.6 Å². The minimum atomic E-state index is -1.26. The lowest BCUT2D eigenvalue weighted by Crippen LogP contribution is -2.42. The van der Waals surface area contributed by atoms with Gasteiger partial charge in [-0.2, -0.15) is 0 Å². The number of carboxylic acids is 1. The Morgan fingerprint density at radius 1 is 1.14 bits per heavy atom. The Morgan fingerprint density at radius 3 is 2.60 bits per heavy atom. The van der Waals surface area contributed by atoms with Crippen LogP contribution in [-0.2, 0) is 21.0 Å². The quantitative estimate of drug-likeness (QED) is 0.223. The van der Waals surface area contributed by atoms with Gasteiger partial charge in [0.1, 0.15) is 18.9 Å². The maximum absolute atomic E-state index is 13.4. The van der Waals surface area contributed by atoms with Gasteiger partial charge in [0.25, 0.3) is 5.69 Å². The molecule has 0 unspecified atom stereocenters. The van der Waals surface area contributed by atoms with E-state index >= 15 is 0 Å². The van der Waals surface area contributed by atoms with Gasteiger partial charge < -0.3 is 14.8 Å². The smallest absolute Gasteiger partial charge is 0.323 e. The van der Waals surface area contributed by atoms with Crippen LogP contribution in [0.4, 0.5) is 5.69 Å². The van der Waals surface area contributed by atoms with Crippen LogP contribution in [0.3, 0.4) is 0 Å². The molecule has 2 amide bonds. The number of likely N-dealkylation sites (tertiary alicyclic amines) is 1. The van der Waals surface area contributed by atoms with Crippen LogP contribution in [0.25, 0.3) is 0 Å². The molecule has 2 N–H and O–H groups in total. The summed E-state index contributed by atoms with van der Waals surface area (Å²) in [6.07, 6.45) is 0.594. The monoisotopic (exact) mass is 627 g/mol. The Kier molecular flexibility index (Phi) is 6.44. The second kappa shape index (κ2) is 9.96. The van der Waals surface area contributed by atoms with E-state index in [2.05, 4.69) is 4.98 Å². The van der Waals surface area contributed by atoms with Gasteiger partial charge in [-0.15, -0.1) is 11.8 Å². The number of thioether (sulfide) groups is 1. The van der Waals surface area contributed by atoms with Crippen molar-refractivity contribution >= 4 is 58.2 Å². The Bertz CT molecular complexity index is 1740. The van der Waals surface area contributed by atoms with Gasteiger partial charge in [0.05, 0.1) is 21.8 Å². The Balaban J connectivity index is 1.33. The number of hydrogen-bond acceptors (Lipinski definition) is 9. The van der Waals surface area contributed by atoms with E-state index in [-0.39, 0.29) is 40.2 Å². The van der Waals surface area contributed by atoms with E-state index in [1.165, 1.54) is 23.9 Å². The predicted molar refractivity (Wildman–Crippen MR) is 152 cm³/mol. The highest BCUT2D eigenvalue weighted by atomic mass is 35.5. The number of carbonyl (C=O) groups is 3. The number of non-ortho nitro benzene ring substituents is 1. The summed E-state index contributed by atoms with van der Waals surface area (Å²) in [5, 5.41) is 22.2. The number of nitro groups is 1. The first-order chi connectivity index (χ1) is 20.1. The second-order valence-corrected chi connectivity index (χ2v) is 13.6. The summed E-state index contributed by atoms with van der Waals surface area (Å²) >= 11 is 8.84. The zero-order valence-electron chi connectivity index (χ0n) is 21.6. The van der Waals surface area contributed by atoms with Crippen LogP contribution in [0.5, 0.6) is 5.75 Å². The van der Waals surface area contributed by atoms with Gasteiger partial charge >= 0.3 is 10.8 Å². The topological polar surface area (TPSA) is 160 Å². The zero-order valence-corrected chi connectivity index (χ0v) is 24.0. The highest BCUT2D eigenvalue weighted by Crippen LogP contribution is 2.69. The molecule has 2 saturated carbocycles. The average Bonchev–Trinajstić information content (AvgIpc) is 3.68. The van der Waals surface area contributed by atoms with Crippen molar-refractivity contribution in [3.63, 3.8) is 0 Å². The molecule has 2 aromatic carbocycles. The number of thiazole rings is 1. The Labute approximate surface area is 251 Å². The lowest BCUT2D eigenvalue weighted by atomic mass is 9.68. The first-order valence-corrected chi connectivity index (χ1v) is 15.3. The fraction of sp³-hybridized carbons (Fsp3) is 0.357. The van der Waals surface area contributed by atoms with Crippen molar-refractivity contribution < 1.29 is 29.2 Å². The molecule has 1 saturated heterocycles. The third-order valence-electron chi connectivity index (χ3n) is 8.99. The fourth-order valence-electron chi connectivity index (χ4n) is 7.51. The van der Waals surface area contributed by atoms with E-state index in [9.17, 15) is 34.4 Å². The molecule has 42 heavy (non-hydrogen) atoms. The number of carbonyl (C=O) groups excluding carboxylic acids is 2. The number of aliphatic carboxylic acids is 1. The van der Waals surface area contributed by atoms with Crippen LogP contribution in [0.15, 0.2) is 52.3 Å². The SMILES string of the molecule is O=C(O)CN1C(=O)[C@H]2[C@H]3C[C@@H]([C@@H]2C1=O)[C@H]1[C@@H](c2cc([N+](=O)[O-])ccc2OCc2ccccc2Cl)c2sc(=O)[nH]c2S[C@H]31. The molecule has 0 spiro atoms. The van der Waals surface area contributed by atoms with Crippen LogP contribution in [0.1, 0.15) is 28.3 Å². The normalized spacial score (nSPS) is 28.9. The number of H-pyrrole nitrogens is 1. The van der Waals surface area contributed by atoms with Crippen molar-refractivity contribution in [1.29, 1.82) is 0 Å². The number of nitrogens with one attached hydrogen (secondary N) is 1. The zero-order chi connectivity index (χ0) is 29.4. The molecule has 216 valence electrons. The Hall–Kier alpha value is -3.68. The van der Waals surface area contributed by atoms with Crippen molar-refractivity contribution in [1.82, 2.24) is 9.88 Å². The van der Waals surface area contributed by atoms with Gasteiger partial charge in [-0.05, 0) is 36.3 Å². The summed E-state index contributed by atoms with van der Waals surface area (Å²) in [7, 11) is 0. The molecule has 7 atom stereocenters.